The lowest BCUT2D eigenvalue weighted by Gasteiger charge is -2.31. The average Bonchev–Trinajstić information content (AvgIpc) is 2.46. The topological polar surface area (TPSA) is 29.3 Å². The van der Waals surface area contributed by atoms with Crippen LogP contribution in [-0.4, -0.2) is 6.54 Å². The van der Waals surface area contributed by atoms with Gasteiger partial charge in [-0.2, -0.15) is 0 Å². The Bertz CT molecular complexity index is 622. The van der Waals surface area contributed by atoms with Crippen molar-refractivity contribution >= 4 is 17.3 Å². The fourth-order valence-corrected chi connectivity index (χ4v) is 3.07. The molecule has 0 aromatic heterocycles. The summed E-state index contributed by atoms with van der Waals surface area (Å²) in [6, 6.07) is 14.8. The molecule has 0 bridgehead atoms. The summed E-state index contributed by atoms with van der Waals surface area (Å²) in [6.07, 6.45) is 1.07. The Morgan fingerprint density at radius 3 is 2.60 bits per heavy atom. The van der Waals surface area contributed by atoms with Crippen LogP contribution in [0.5, 0.6) is 0 Å². The van der Waals surface area contributed by atoms with Crippen molar-refractivity contribution in [1.82, 2.24) is 0 Å². The van der Waals surface area contributed by atoms with Gasteiger partial charge in [-0.25, -0.2) is 0 Å². The zero-order chi connectivity index (χ0) is 14.1. The zero-order valence-corrected chi connectivity index (χ0v) is 12.4. The summed E-state index contributed by atoms with van der Waals surface area (Å²) in [7, 11) is 0. The van der Waals surface area contributed by atoms with Crippen LogP contribution in [0.25, 0.3) is 0 Å². The maximum Gasteiger partial charge on any atom is 0.0643 e. The highest BCUT2D eigenvalue weighted by molar-refractivity contribution is 6.33. The fraction of sp³-hybridized carbons (Fsp3) is 0.294. The van der Waals surface area contributed by atoms with E-state index >= 15 is 0 Å². The third-order valence-electron chi connectivity index (χ3n) is 3.97. The van der Waals surface area contributed by atoms with Crippen molar-refractivity contribution in [2.24, 2.45) is 5.73 Å². The van der Waals surface area contributed by atoms with Crippen molar-refractivity contribution in [1.29, 1.82) is 0 Å². The summed E-state index contributed by atoms with van der Waals surface area (Å²) in [5, 5.41) is 0.791. The van der Waals surface area contributed by atoms with Gasteiger partial charge in [0.2, 0.25) is 0 Å². The number of rotatable bonds is 2. The Balaban J connectivity index is 1.88. The number of benzene rings is 2. The second-order valence-electron chi connectivity index (χ2n) is 5.44. The molecule has 2 nitrogen and oxygen atoms in total. The van der Waals surface area contributed by atoms with E-state index < -0.39 is 0 Å². The molecule has 2 aromatic carbocycles. The molecule has 0 unspecified atom stereocenters. The molecule has 0 aliphatic carbocycles. The third kappa shape index (κ3) is 2.54. The molecule has 0 saturated heterocycles. The lowest BCUT2D eigenvalue weighted by Crippen LogP contribution is -2.30. The van der Waals surface area contributed by atoms with Crippen molar-refractivity contribution in [2.45, 2.75) is 25.9 Å². The Labute approximate surface area is 125 Å². The second kappa shape index (κ2) is 5.47. The van der Waals surface area contributed by atoms with Gasteiger partial charge in [0.1, 0.15) is 0 Å². The normalized spacial score (nSPS) is 15.8. The van der Waals surface area contributed by atoms with Gasteiger partial charge >= 0.3 is 0 Å². The van der Waals surface area contributed by atoms with Gasteiger partial charge in [0, 0.05) is 19.1 Å². The molecular weight excluding hydrogens is 268 g/mol. The van der Waals surface area contributed by atoms with Crippen molar-refractivity contribution < 1.29 is 0 Å². The van der Waals surface area contributed by atoms with Crippen LogP contribution in [0.2, 0.25) is 5.02 Å². The summed E-state index contributed by atoms with van der Waals surface area (Å²) in [4.78, 5) is 2.34. The molecule has 1 aliphatic heterocycles. The second-order valence-corrected chi connectivity index (χ2v) is 5.85. The molecule has 0 amide bonds. The monoisotopic (exact) mass is 286 g/mol. The number of nitrogens with two attached hydrogens (primary N) is 1. The molecule has 0 saturated carbocycles. The van der Waals surface area contributed by atoms with E-state index in [2.05, 4.69) is 41.3 Å². The first-order chi connectivity index (χ1) is 9.65. The Morgan fingerprint density at radius 2 is 1.90 bits per heavy atom. The molecule has 2 aromatic rings. The fourth-order valence-electron chi connectivity index (χ4n) is 2.76. The summed E-state index contributed by atoms with van der Waals surface area (Å²) in [5.74, 6) is 0. The molecule has 0 spiro atoms. The molecule has 0 fully saturated rings. The van der Waals surface area contributed by atoms with E-state index in [1.165, 1.54) is 11.1 Å². The number of halogens is 1. The number of hydrogen-bond donors (Lipinski definition) is 1. The average molecular weight is 287 g/mol. The van der Waals surface area contributed by atoms with Gasteiger partial charge in [-0.3, -0.25) is 0 Å². The minimum Gasteiger partial charge on any atom is -0.366 e. The van der Waals surface area contributed by atoms with Crippen LogP contribution in [0.3, 0.4) is 0 Å². The molecule has 1 atom stereocenters. The van der Waals surface area contributed by atoms with Gasteiger partial charge in [0.05, 0.1) is 10.7 Å². The highest BCUT2D eigenvalue weighted by atomic mass is 35.5. The van der Waals surface area contributed by atoms with Gasteiger partial charge in [-0.1, -0.05) is 41.9 Å². The molecule has 3 rings (SSSR count). The highest BCUT2D eigenvalue weighted by Gasteiger charge is 2.18. The summed E-state index contributed by atoms with van der Waals surface area (Å²) >= 11 is 6.44. The first-order valence-corrected chi connectivity index (χ1v) is 7.39. The number of anilines is 1. The number of hydrogen-bond acceptors (Lipinski definition) is 2. The summed E-state index contributed by atoms with van der Waals surface area (Å²) < 4.78 is 0. The summed E-state index contributed by atoms with van der Waals surface area (Å²) in [5.41, 5.74) is 10.9. The van der Waals surface area contributed by atoms with E-state index in [0.29, 0.717) is 0 Å². The Kier molecular flexibility index (Phi) is 3.68. The van der Waals surface area contributed by atoms with E-state index in [4.69, 9.17) is 17.3 Å². The van der Waals surface area contributed by atoms with Gasteiger partial charge in [0.25, 0.3) is 0 Å². The number of nitrogens with zero attached hydrogens (tertiary/aromatic N) is 1. The SMILES string of the molecule is C[C@H](N)c1ccc(N2CCc3ccccc3C2)c(Cl)c1. The minimum atomic E-state index is 0.0173. The van der Waals surface area contributed by atoms with Crippen LogP contribution >= 0.6 is 11.6 Å². The van der Waals surface area contributed by atoms with Crippen LogP contribution in [0, 0.1) is 0 Å². The molecule has 3 heteroatoms. The number of fused-ring (bicyclic) bond motifs is 1. The standard InChI is InChI=1S/C17H19ClN2/c1-12(19)14-6-7-17(16(18)10-14)20-9-8-13-4-2-3-5-15(13)11-20/h2-7,10,12H,8-9,11,19H2,1H3/t12-/m0/s1. The largest absolute Gasteiger partial charge is 0.366 e. The van der Waals surface area contributed by atoms with Crippen LogP contribution < -0.4 is 10.6 Å². The highest BCUT2D eigenvalue weighted by Crippen LogP contribution is 2.32. The first kappa shape index (κ1) is 13.5. The van der Waals surface area contributed by atoms with Crippen LogP contribution in [-0.2, 0) is 13.0 Å². The minimum absolute atomic E-state index is 0.0173. The maximum atomic E-state index is 6.44. The summed E-state index contributed by atoms with van der Waals surface area (Å²) in [6.45, 7) is 3.91. The van der Waals surface area contributed by atoms with Gasteiger partial charge < -0.3 is 10.6 Å². The molecule has 20 heavy (non-hydrogen) atoms. The molecule has 104 valence electrons. The van der Waals surface area contributed by atoms with Gasteiger partial charge in [-0.05, 0) is 42.2 Å². The lowest BCUT2D eigenvalue weighted by molar-refractivity contribution is 0.731. The molecule has 0 radical (unpaired) electrons. The zero-order valence-electron chi connectivity index (χ0n) is 11.6. The van der Waals surface area contributed by atoms with Crippen LogP contribution in [0.1, 0.15) is 29.7 Å². The quantitative estimate of drug-likeness (QED) is 0.906. The van der Waals surface area contributed by atoms with Crippen LogP contribution in [0.4, 0.5) is 5.69 Å². The van der Waals surface area contributed by atoms with Gasteiger partial charge in [0.15, 0.2) is 0 Å². The maximum absolute atomic E-state index is 6.44. The predicted molar refractivity (Wildman–Crippen MR) is 85.3 cm³/mol. The third-order valence-corrected chi connectivity index (χ3v) is 4.27. The smallest absolute Gasteiger partial charge is 0.0643 e. The van der Waals surface area contributed by atoms with Crippen molar-refractivity contribution in [3.63, 3.8) is 0 Å². The molecule has 2 N–H and O–H groups in total. The molecular formula is C17H19ClN2. The Morgan fingerprint density at radius 1 is 1.15 bits per heavy atom. The van der Waals surface area contributed by atoms with E-state index in [9.17, 15) is 0 Å². The van der Waals surface area contributed by atoms with Crippen molar-refractivity contribution in [3.05, 3.63) is 64.2 Å². The van der Waals surface area contributed by atoms with E-state index in [1.54, 1.807) is 0 Å². The predicted octanol–water partition coefficient (Wildman–Crippen LogP) is 3.92. The van der Waals surface area contributed by atoms with E-state index in [1.807, 2.05) is 13.0 Å². The van der Waals surface area contributed by atoms with Crippen LogP contribution in [0.15, 0.2) is 42.5 Å². The van der Waals surface area contributed by atoms with E-state index in [-0.39, 0.29) is 6.04 Å². The molecule has 1 heterocycles. The molecule has 1 aliphatic rings. The van der Waals surface area contributed by atoms with E-state index in [0.717, 1.165) is 35.8 Å². The first-order valence-electron chi connectivity index (χ1n) is 7.02. The van der Waals surface area contributed by atoms with Gasteiger partial charge in [-0.15, -0.1) is 0 Å². The van der Waals surface area contributed by atoms with Crippen molar-refractivity contribution in [2.75, 3.05) is 11.4 Å². The lowest BCUT2D eigenvalue weighted by atomic mass is 9.99. The van der Waals surface area contributed by atoms with Crippen molar-refractivity contribution in [3.8, 4) is 0 Å². The Hall–Kier alpha value is -1.51.